The third kappa shape index (κ3) is 1.20. The lowest BCUT2D eigenvalue weighted by molar-refractivity contribution is 0.888. The van der Waals surface area contributed by atoms with Crippen molar-refractivity contribution in [1.82, 2.24) is 4.57 Å². The molecule has 0 saturated carbocycles. The summed E-state index contributed by atoms with van der Waals surface area (Å²) in [6, 6.07) is 9.27. The largest absolute Gasteiger partial charge is 0.343 e. The zero-order valence-electron chi connectivity index (χ0n) is 9.03. The van der Waals surface area contributed by atoms with Gasteiger partial charge in [-0.25, -0.2) is 0 Å². The van der Waals surface area contributed by atoms with Crippen molar-refractivity contribution in [2.24, 2.45) is 0 Å². The summed E-state index contributed by atoms with van der Waals surface area (Å²) in [5.41, 5.74) is 1.55. The Labute approximate surface area is 97.4 Å². The van der Waals surface area contributed by atoms with Crippen molar-refractivity contribution in [3.8, 4) is 6.07 Å². The minimum Gasteiger partial charge on any atom is -0.343 e. The van der Waals surface area contributed by atoms with E-state index in [1.165, 1.54) is 0 Å². The van der Waals surface area contributed by atoms with E-state index >= 15 is 0 Å². The van der Waals surface area contributed by atoms with Gasteiger partial charge >= 0.3 is 0 Å². The van der Waals surface area contributed by atoms with Gasteiger partial charge in [-0.3, -0.25) is 4.79 Å². The van der Waals surface area contributed by atoms with Gasteiger partial charge in [0.05, 0.1) is 12.1 Å². The van der Waals surface area contributed by atoms with Gasteiger partial charge in [0.2, 0.25) is 5.43 Å². The summed E-state index contributed by atoms with van der Waals surface area (Å²) < 4.78 is 1.91. The van der Waals surface area contributed by atoms with E-state index in [1.54, 1.807) is 12.1 Å². The van der Waals surface area contributed by atoms with Crippen molar-refractivity contribution in [2.45, 2.75) is 6.54 Å². The SMILES string of the molecule is C=C1Cn2c(c(C#N)c(=O)c3ccccc32)N1. The molecule has 0 bridgehead atoms. The Morgan fingerprint density at radius 1 is 1.41 bits per heavy atom. The lowest BCUT2D eigenvalue weighted by Gasteiger charge is -2.08. The number of fused-ring (bicyclic) bond motifs is 3. The summed E-state index contributed by atoms with van der Waals surface area (Å²) in [6.07, 6.45) is 0. The van der Waals surface area contributed by atoms with Gasteiger partial charge in [0, 0.05) is 11.1 Å². The van der Waals surface area contributed by atoms with Gasteiger partial charge in [-0.15, -0.1) is 0 Å². The molecule has 1 aliphatic heterocycles. The van der Waals surface area contributed by atoms with Crippen molar-refractivity contribution >= 4 is 16.7 Å². The molecule has 0 saturated heterocycles. The van der Waals surface area contributed by atoms with Crippen molar-refractivity contribution in [3.63, 3.8) is 0 Å². The molecule has 0 atom stereocenters. The fraction of sp³-hybridized carbons (Fsp3) is 0.0769. The molecule has 3 rings (SSSR count). The molecule has 0 spiro atoms. The second-order valence-corrected chi connectivity index (χ2v) is 4.00. The molecule has 0 aliphatic carbocycles. The predicted octanol–water partition coefficient (Wildman–Crippen LogP) is 1.81. The van der Waals surface area contributed by atoms with Crippen LogP contribution < -0.4 is 10.7 Å². The number of allylic oxidation sites excluding steroid dienone is 1. The zero-order valence-corrected chi connectivity index (χ0v) is 9.03. The molecule has 0 fully saturated rings. The minimum atomic E-state index is -0.225. The lowest BCUT2D eigenvalue weighted by atomic mass is 10.1. The number of benzene rings is 1. The summed E-state index contributed by atoms with van der Waals surface area (Å²) >= 11 is 0. The fourth-order valence-corrected chi connectivity index (χ4v) is 2.19. The normalized spacial score (nSPS) is 13.2. The molecule has 4 nitrogen and oxygen atoms in total. The standard InChI is InChI=1S/C13H9N3O/c1-8-7-16-11-5-3-2-4-9(11)12(17)10(6-14)13(16)15-8/h2-5,15H,1,7H2. The van der Waals surface area contributed by atoms with Gasteiger partial charge in [0.15, 0.2) is 0 Å². The highest BCUT2D eigenvalue weighted by atomic mass is 16.1. The van der Waals surface area contributed by atoms with Crippen LogP contribution in [0.1, 0.15) is 5.56 Å². The molecule has 0 radical (unpaired) electrons. The maximum atomic E-state index is 12.1. The molecule has 4 heteroatoms. The molecule has 17 heavy (non-hydrogen) atoms. The number of aromatic nitrogens is 1. The second-order valence-electron chi connectivity index (χ2n) is 4.00. The first kappa shape index (κ1) is 9.67. The Hall–Kier alpha value is -2.54. The molecular formula is C13H9N3O. The first-order valence-electron chi connectivity index (χ1n) is 5.23. The third-order valence-electron chi connectivity index (χ3n) is 2.93. The van der Waals surface area contributed by atoms with E-state index in [2.05, 4.69) is 11.9 Å². The van der Waals surface area contributed by atoms with E-state index in [0.29, 0.717) is 17.7 Å². The smallest absolute Gasteiger partial charge is 0.209 e. The third-order valence-corrected chi connectivity index (χ3v) is 2.93. The molecule has 0 unspecified atom stereocenters. The monoisotopic (exact) mass is 223 g/mol. The Balaban J connectivity index is 2.57. The van der Waals surface area contributed by atoms with Gasteiger partial charge in [-0.2, -0.15) is 5.26 Å². The van der Waals surface area contributed by atoms with E-state index in [0.717, 1.165) is 11.2 Å². The summed E-state index contributed by atoms with van der Waals surface area (Å²) in [5.74, 6) is 0.557. The van der Waals surface area contributed by atoms with Crippen molar-refractivity contribution in [2.75, 3.05) is 5.32 Å². The van der Waals surface area contributed by atoms with Crippen LogP contribution in [0.15, 0.2) is 41.3 Å². The molecule has 2 heterocycles. The number of anilines is 1. The van der Waals surface area contributed by atoms with Gasteiger partial charge in [0.1, 0.15) is 17.5 Å². The number of hydrogen-bond acceptors (Lipinski definition) is 3. The van der Waals surface area contributed by atoms with Crippen LogP contribution in [-0.4, -0.2) is 4.57 Å². The second kappa shape index (κ2) is 3.22. The Morgan fingerprint density at radius 2 is 2.18 bits per heavy atom. The first-order chi connectivity index (χ1) is 8.22. The molecule has 1 aromatic heterocycles. The maximum Gasteiger partial charge on any atom is 0.209 e. The van der Waals surface area contributed by atoms with Gasteiger partial charge in [-0.1, -0.05) is 18.7 Å². The fourth-order valence-electron chi connectivity index (χ4n) is 2.19. The predicted molar refractivity (Wildman–Crippen MR) is 65.7 cm³/mol. The summed E-state index contributed by atoms with van der Waals surface area (Å²) in [5, 5.41) is 12.7. The zero-order chi connectivity index (χ0) is 12.0. The van der Waals surface area contributed by atoms with Crippen LogP contribution >= 0.6 is 0 Å². The number of nitrogens with one attached hydrogen (secondary N) is 1. The average molecular weight is 223 g/mol. The van der Waals surface area contributed by atoms with Crippen LogP contribution in [0.25, 0.3) is 10.9 Å². The number of rotatable bonds is 0. The van der Waals surface area contributed by atoms with E-state index < -0.39 is 0 Å². The van der Waals surface area contributed by atoms with Gasteiger partial charge in [0.25, 0.3) is 0 Å². The van der Waals surface area contributed by atoms with Crippen LogP contribution in [0.5, 0.6) is 0 Å². The molecule has 1 aliphatic rings. The Bertz CT molecular complexity index is 750. The summed E-state index contributed by atoms with van der Waals surface area (Å²) in [7, 11) is 0. The highest BCUT2D eigenvalue weighted by Gasteiger charge is 2.21. The Morgan fingerprint density at radius 3 is 2.94 bits per heavy atom. The van der Waals surface area contributed by atoms with E-state index in [1.807, 2.05) is 22.8 Å². The number of nitrogens with zero attached hydrogens (tertiary/aromatic N) is 2. The van der Waals surface area contributed by atoms with Crippen LogP contribution in [0.4, 0.5) is 5.82 Å². The average Bonchev–Trinajstić information content (AvgIpc) is 2.72. The van der Waals surface area contributed by atoms with Crippen molar-refractivity contribution in [3.05, 3.63) is 52.3 Å². The summed E-state index contributed by atoms with van der Waals surface area (Å²) in [6.45, 7) is 4.43. The van der Waals surface area contributed by atoms with Crippen molar-refractivity contribution in [1.29, 1.82) is 5.26 Å². The molecule has 2 aromatic rings. The number of para-hydroxylation sites is 1. The minimum absolute atomic E-state index is 0.155. The molecule has 0 amide bonds. The number of nitriles is 1. The summed E-state index contributed by atoms with van der Waals surface area (Å²) in [4.78, 5) is 12.1. The van der Waals surface area contributed by atoms with Crippen LogP contribution in [0, 0.1) is 11.3 Å². The quantitative estimate of drug-likeness (QED) is 0.741. The number of hydrogen-bond donors (Lipinski definition) is 1. The molecular weight excluding hydrogens is 214 g/mol. The lowest BCUT2D eigenvalue weighted by Crippen LogP contribution is -2.13. The van der Waals surface area contributed by atoms with Crippen molar-refractivity contribution < 1.29 is 0 Å². The van der Waals surface area contributed by atoms with Crippen LogP contribution in [-0.2, 0) is 6.54 Å². The van der Waals surface area contributed by atoms with E-state index in [4.69, 9.17) is 5.26 Å². The highest BCUT2D eigenvalue weighted by molar-refractivity contribution is 5.85. The van der Waals surface area contributed by atoms with E-state index in [9.17, 15) is 4.79 Å². The topological polar surface area (TPSA) is 57.8 Å². The Kier molecular flexibility index (Phi) is 1.83. The molecule has 82 valence electrons. The highest BCUT2D eigenvalue weighted by Crippen LogP contribution is 2.27. The molecule has 1 aromatic carbocycles. The van der Waals surface area contributed by atoms with Gasteiger partial charge < -0.3 is 9.88 Å². The van der Waals surface area contributed by atoms with Gasteiger partial charge in [-0.05, 0) is 12.1 Å². The van der Waals surface area contributed by atoms with E-state index in [-0.39, 0.29) is 11.0 Å². The van der Waals surface area contributed by atoms with Crippen LogP contribution in [0.2, 0.25) is 0 Å². The van der Waals surface area contributed by atoms with Crippen LogP contribution in [0.3, 0.4) is 0 Å². The number of pyridine rings is 1. The first-order valence-corrected chi connectivity index (χ1v) is 5.23. The molecule has 1 N–H and O–H groups in total. The maximum absolute atomic E-state index is 12.1.